The van der Waals surface area contributed by atoms with Crippen LogP contribution >= 0.6 is 0 Å². The summed E-state index contributed by atoms with van der Waals surface area (Å²) in [6.07, 6.45) is 8.84. The summed E-state index contributed by atoms with van der Waals surface area (Å²) in [5.74, 6) is 0. The molecule has 0 saturated heterocycles. The molecule has 1 fully saturated rings. The highest BCUT2D eigenvalue weighted by Gasteiger charge is 2.19. The van der Waals surface area contributed by atoms with Crippen molar-refractivity contribution < 1.29 is 0 Å². The minimum Gasteiger partial charge on any atom is -0.343 e. The highest BCUT2D eigenvalue weighted by atomic mass is 15.2. The molecule has 1 aromatic carbocycles. The first-order valence-electron chi connectivity index (χ1n) is 7.56. The molecule has 0 amide bonds. The summed E-state index contributed by atoms with van der Waals surface area (Å²) in [6.45, 7) is 1.85. The van der Waals surface area contributed by atoms with Gasteiger partial charge >= 0.3 is 0 Å². The molecule has 1 aliphatic carbocycles. The number of nitrogens with zero attached hydrogens (tertiary/aromatic N) is 3. The maximum absolute atomic E-state index is 4.23. The average Bonchev–Trinajstić information content (AvgIpc) is 3.11. The summed E-state index contributed by atoms with van der Waals surface area (Å²) < 4.78 is 4.13. The second-order valence-electron chi connectivity index (χ2n) is 6.01. The Labute approximate surface area is 124 Å². The Morgan fingerprint density at radius 2 is 2.14 bits per heavy atom. The van der Waals surface area contributed by atoms with E-state index < -0.39 is 0 Å². The van der Waals surface area contributed by atoms with Gasteiger partial charge in [-0.1, -0.05) is 6.07 Å². The van der Waals surface area contributed by atoms with E-state index in [-0.39, 0.29) is 0 Å². The molecule has 2 aromatic heterocycles. The SMILES string of the molecule is Cn1cc(Cn2ccc3cc(CNC4CC4)ccc32)cn1. The van der Waals surface area contributed by atoms with E-state index in [1.165, 1.54) is 34.9 Å². The lowest BCUT2D eigenvalue weighted by molar-refractivity contribution is 0.688. The molecule has 4 heteroatoms. The van der Waals surface area contributed by atoms with Crippen molar-refractivity contribution >= 4 is 10.9 Å². The molecule has 2 heterocycles. The van der Waals surface area contributed by atoms with Gasteiger partial charge < -0.3 is 9.88 Å². The number of nitrogens with one attached hydrogen (secondary N) is 1. The van der Waals surface area contributed by atoms with Crippen LogP contribution in [-0.4, -0.2) is 20.4 Å². The van der Waals surface area contributed by atoms with E-state index in [1.807, 2.05) is 17.9 Å². The molecule has 1 aliphatic rings. The molecule has 1 N–H and O–H groups in total. The van der Waals surface area contributed by atoms with Crippen LogP contribution in [0.2, 0.25) is 0 Å². The van der Waals surface area contributed by atoms with Crippen molar-refractivity contribution in [3.63, 3.8) is 0 Å². The van der Waals surface area contributed by atoms with Crippen molar-refractivity contribution in [3.05, 3.63) is 54.0 Å². The van der Waals surface area contributed by atoms with Crippen molar-refractivity contribution in [1.29, 1.82) is 0 Å². The van der Waals surface area contributed by atoms with Gasteiger partial charge in [0.05, 0.1) is 12.7 Å². The summed E-state index contributed by atoms with van der Waals surface area (Å²) in [5, 5.41) is 9.12. The van der Waals surface area contributed by atoms with Crippen LogP contribution in [0.3, 0.4) is 0 Å². The minimum absolute atomic E-state index is 0.760. The molecule has 0 unspecified atom stereocenters. The zero-order chi connectivity index (χ0) is 14.2. The molecular weight excluding hydrogens is 260 g/mol. The molecule has 4 rings (SSSR count). The van der Waals surface area contributed by atoms with Gasteiger partial charge in [0.15, 0.2) is 0 Å². The van der Waals surface area contributed by atoms with E-state index in [0.717, 1.165) is 19.1 Å². The van der Waals surface area contributed by atoms with E-state index in [4.69, 9.17) is 0 Å². The van der Waals surface area contributed by atoms with Crippen molar-refractivity contribution in [2.45, 2.75) is 32.0 Å². The van der Waals surface area contributed by atoms with Crippen LogP contribution in [0, 0.1) is 0 Å². The van der Waals surface area contributed by atoms with Crippen LogP contribution < -0.4 is 5.32 Å². The fourth-order valence-corrected chi connectivity index (χ4v) is 2.80. The molecule has 0 bridgehead atoms. The first-order chi connectivity index (χ1) is 10.3. The predicted octanol–water partition coefficient (Wildman–Crippen LogP) is 2.68. The molecule has 0 atom stereocenters. The second kappa shape index (κ2) is 5.04. The van der Waals surface area contributed by atoms with E-state index in [1.54, 1.807) is 0 Å². The Morgan fingerprint density at radius 1 is 1.24 bits per heavy atom. The lowest BCUT2D eigenvalue weighted by Crippen LogP contribution is -2.15. The topological polar surface area (TPSA) is 34.8 Å². The lowest BCUT2D eigenvalue weighted by Gasteiger charge is -2.06. The van der Waals surface area contributed by atoms with E-state index >= 15 is 0 Å². The Kier molecular flexibility index (Phi) is 3.04. The number of hydrogen-bond donors (Lipinski definition) is 1. The Bertz CT molecular complexity index is 764. The molecule has 0 aliphatic heterocycles. The van der Waals surface area contributed by atoms with Gasteiger partial charge in [-0.2, -0.15) is 5.10 Å². The van der Waals surface area contributed by atoms with Crippen LogP contribution in [0.25, 0.3) is 10.9 Å². The zero-order valence-electron chi connectivity index (χ0n) is 12.3. The standard InChI is InChI=1S/C17H20N4/c1-20-11-14(10-19-20)12-21-7-6-15-8-13(2-5-17(15)21)9-18-16-3-4-16/h2,5-8,10-11,16,18H,3-4,9,12H2,1H3. The minimum atomic E-state index is 0.760. The van der Waals surface area contributed by atoms with Gasteiger partial charge in [-0.05, 0) is 42.0 Å². The van der Waals surface area contributed by atoms with Crippen LogP contribution in [-0.2, 0) is 20.1 Å². The third kappa shape index (κ3) is 2.72. The Morgan fingerprint density at radius 3 is 2.90 bits per heavy atom. The van der Waals surface area contributed by atoms with Gasteiger partial charge in [0, 0.05) is 43.1 Å². The maximum Gasteiger partial charge on any atom is 0.0539 e. The monoisotopic (exact) mass is 280 g/mol. The number of rotatable bonds is 5. The summed E-state index contributed by atoms with van der Waals surface area (Å²) in [4.78, 5) is 0. The van der Waals surface area contributed by atoms with Crippen molar-refractivity contribution in [3.8, 4) is 0 Å². The summed E-state index contributed by atoms with van der Waals surface area (Å²) in [5.41, 5.74) is 3.89. The largest absolute Gasteiger partial charge is 0.343 e. The van der Waals surface area contributed by atoms with E-state index in [9.17, 15) is 0 Å². The quantitative estimate of drug-likeness (QED) is 0.780. The van der Waals surface area contributed by atoms with Gasteiger partial charge in [0.2, 0.25) is 0 Å². The van der Waals surface area contributed by atoms with Crippen molar-refractivity contribution in [2.24, 2.45) is 7.05 Å². The number of benzene rings is 1. The first kappa shape index (κ1) is 12.7. The summed E-state index contributed by atoms with van der Waals surface area (Å²) >= 11 is 0. The number of aromatic nitrogens is 3. The summed E-state index contributed by atoms with van der Waals surface area (Å²) in [6, 6.07) is 9.72. The van der Waals surface area contributed by atoms with E-state index in [2.05, 4.69) is 51.6 Å². The normalized spacial score (nSPS) is 14.9. The first-order valence-corrected chi connectivity index (χ1v) is 7.56. The second-order valence-corrected chi connectivity index (χ2v) is 6.01. The molecule has 4 nitrogen and oxygen atoms in total. The van der Waals surface area contributed by atoms with Gasteiger partial charge in [0.25, 0.3) is 0 Å². The zero-order valence-corrected chi connectivity index (χ0v) is 12.3. The van der Waals surface area contributed by atoms with Gasteiger partial charge in [-0.3, -0.25) is 4.68 Å². The molecule has 21 heavy (non-hydrogen) atoms. The predicted molar refractivity (Wildman–Crippen MR) is 84.1 cm³/mol. The Hall–Kier alpha value is -2.07. The van der Waals surface area contributed by atoms with Crippen LogP contribution in [0.4, 0.5) is 0 Å². The van der Waals surface area contributed by atoms with Gasteiger partial charge in [0.1, 0.15) is 0 Å². The smallest absolute Gasteiger partial charge is 0.0539 e. The van der Waals surface area contributed by atoms with E-state index in [0.29, 0.717) is 0 Å². The third-order valence-corrected chi connectivity index (χ3v) is 4.12. The Balaban J connectivity index is 1.56. The average molecular weight is 280 g/mol. The number of fused-ring (bicyclic) bond motifs is 1. The lowest BCUT2D eigenvalue weighted by atomic mass is 10.1. The van der Waals surface area contributed by atoms with Crippen LogP contribution in [0.1, 0.15) is 24.0 Å². The molecule has 0 radical (unpaired) electrons. The van der Waals surface area contributed by atoms with Crippen molar-refractivity contribution in [1.82, 2.24) is 19.7 Å². The van der Waals surface area contributed by atoms with Gasteiger partial charge in [-0.25, -0.2) is 0 Å². The van der Waals surface area contributed by atoms with Gasteiger partial charge in [-0.15, -0.1) is 0 Å². The molecule has 0 spiro atoms. The van der Waals surface area contributed by atoms with Crippen molar-refractivity contribution in [2.75, 3.05) is 0 Å². The molecule has 1 saturated carbocycles. The third-order valence-electron chi connectivity index (χ3n) is 4.12. The maximum atomic E-state index is 4.23. The molecule has 3 aromatic rings. The highest BCUT2D eigenvalue weighted by molar-refractivity contribution is 5.81. The van der Waals surface area contributed by atoms with Crippen LogP contribution in [0.15, 0.2) is 42.9 Å². The molecular formula is C17H20N4. The highest BCUT2D eigenvalue weighted by Crippen LogP contribution is 2.21. The molecule has 108 valence electrons. The van der Waals surface area contributed by atoms with Crippen LogP contribution in [0.5, 0.6) is 0 Å². The fourth-order valence-electron chi connectivity index (χ4n) is 2.80. The number of hydrogen-bond acceptors (Lipinski definition) is 2. The fraction of sp³-hybridized carbons (Fsp3) is 0.353. The number of aryl methyl sites for hydroxylation is 1. The summed E-state index contributed by atoms with van der Waals surface area (Å²) in [7, 11) is 1.95.